The fourth-order valence-corrected chi connectivity index (χ4v) is 2.25. The zero-order valence-corrected chi connectivity index (χ0v) is 14.2. The van der Waals surface area contributed by atoms with E-state index in [4.69, 9.17) is 11.6 Å². The molecular weight excluding hydrogens is 323 g/mol. The number of nitrogens with zero attached hydrogens (tertiary/aromatic N) is 2. The number of halogens is 2. The molecule has 0 aliphatic heterocycles. The molecule has 0 radical (unpaired) electrons. The highest BCUT2D eigenvalue weighted by Crippen LogP contribution is 2.21. The number of rotatable bonds is 6. The first-order valence-electron chi connectivity index (χ1n) is 6.93. The van der Waals surface area contributed by atoms with Crippen LogP contribution in [0.3, 0.4) is 0 Å². The van der Waals surface area contributed by atoms with E-state index >= 15 is 0 Å². The number of amides is 1. The van der Waals surface area contributed by atoms with E-state index in [0.717, 1.165) is 24.5 Å². The third-order valence-electron chi connectivity index (χ3n) is 3.17. The maximum absolute atomic E-state index is 12.1. The normalized spacial score (nSPS) is 10.1. The summed E-state index contributed by atoms with van der Waals surface area (Å²) in [5.41, 5.74) is 2.10. The lowest BCUT2D eigenvalue weighted by Gasteiger charge is -2.08. The van der Waals surface area contributed by atoms with E-state index < -0.39 is 0 Å². The number of likely N-dealkylation sites (N-methyl/N-ethyl adjacent to an activating group) is 1. The van der Waals surface area contributed by atoms with Crippen LogP contribution in [0.4, 0.5) is 0 Å². The van der Waals surface area contributed by atoms with Crippen molar-refractivity contribution >= 4 is 29.9 Å². The molecular formula is C15H20Cl2N4O. The molecule has 1 aromatic carbocycles. The van der Waals surface area contributed by atoms with Gasteiger partial charge in [0.2, 0.25) is 0 Å². The van der Waals surface area contributed by atoms with Crippen LogP contribution in [-0.2, 0) is 0 Å². The number of carbonyl (C=O) groups is 1. The van der Waals surface area contributed by atoms with Crippen LogP contribution in [0, 0.1) is 6.92 Å². The van der Waals surface area contributed by atoms with Crippen molar-refractivity contribution in [2.75, 3.05) is 19.6 Å². The lowest BCUT2D eigenvalue weighted by molar-refractivity contribution is 0.0953. The first-order chi connectivity index (χ1) is 10.1. The van der Waals surface area contributed by atoms with Crippen LogP contribution in [-0.4, -0.2) is 35.3 Å². The van der Waals surface area contributed by atoms with Crippen molar-refractivity contribution < 1.29 is 4.79 Å². The second kappa shape index (κ2) is 8.78. The third kappa shape index (κ3) is 4.22. The molecule has 0 bridgehead atoms. The average Bonchev–Trinajstić information content (AvgIpc) is 2.86. The zero-order chi connectivity index (χ0) is 15.2. The number of carbonyl (C=O) groups excluding carboxylic acids is 1. The monoisotopic (exact) mass is 342 g/mol. The van der Waals surface area contributed by atoms with Crippen molar-refractivity contribution in [3.8, 4) is 5.69 Å². The first kappa shape index (κ1) is 18.5. The standard InChI is InChI=1S/C15H19ClN4O.ClH/c1-3-17-8-9-18-15(21)12-10-19-20(11(12)2)14-7-5-4-6-13(14)16;/h4-7,10,17H,3,8-9H2,1-2H3,(H,18,21);1H. The highest BCUT2D eigenvalue weighted by molar-refractivity contribution is 6.32. The molecule has 7 heteroatoms. The molecule has 5 nitrogen and oxygen atoms in total. The van der Waals surface area contributed by atoms with Gasteiger partial charge in [-0.1, -0.05) is 30.7 Å². The molecule has 0 spiro atoms. The van der Waals surface area contributed by atoms with Gasteiger partial charge in [-0.25, -0.2) is 4.68 Å². The predicted molar refractivity (Wildman–Crippen MR) is 91.4 cm³/mol. The minimum Gasteiger partial charge on any atom is -0.351 e. The highest BCUT2D eigenvalue weighted by Gasteiger charge is 2.15. The van der Waals surface area contributed by atoms with E-state index in [1.54, 1.807) is 16.9 Å². The largest absolute Gasteiger partial charge is 0.351 e. The Morgan fingerprint density at radius 2 is 2.05 bits per heavy atom. The van der Waals surface area contributed by atoms with Gasteiger partial charge in [0.15, 0.2) is 0 Å². The van der Waals surface area contributed by atoms with Gasteiger partial charge in [-0.3, -0.25) is 4.79 Å². The molecule has 0 unspecified atom stereocenters. The molecule has 0 saturated heterocycles. The zero-order valence-electron chi connectivity index (χ0n) is 12.6. The lowest BCUT2D eigenvalue weighted by Crippen LogP contribution is -2.31. The number of aromatic nitrogens is 2. The van der Waals surface area contributed by atoms with E-state index in [9.17, 15) is 4.79 Å². The SMILES string of the molecule is CCNCCNC(=O)c1cnn(-c2ccccc2Cl)c1C.Cl. The fourth-order valence-electron chi connectivity index (χ4n) is 2.04. The Balaban J connectivity index is 0.00000242. The van der Waals surface area contributed by atoms with E-state index in [1.807, 2.05) is 32.0 Å². The van der Waals surface area contributed by atoms with Crippen molar-refractivity contribution in [1.82, 2.24) is 20.4 Å². The molecule has 2 rings (SSSR count). The van der Waals surface area contributed by atoms with Gasteiger partial charge in [-0.2, -0.15) is 5.10 Å². The summed E-state index contributed by atoms with van der Waals surface area (Å²) >= 11 is 6.17. The second-order valence-corrected chi connectivity index (χ2v) is 5.02. The molecule has 22 heavy (non-hydrogen) atoms. The Morgan fingerprint density at radius 3 is 2.73 bits per heavy atom. The minimum absolute atomic E-state index is 0. The van der Waals surface area contributed by atoms with Crippen molar-refractivity contribution in [3.05, 3.63) is 46.7 Å². The number of benzene rings is 1. The van der Waals surface area contributed by atoms with E-state index in [0.29, 0.717) is 17.1 Å². The Labute approximate surface area is 141 Å². The van der Waals surface area contributed by atoms with Crippen molar-refractivity contribution in [2.45, 2.75) is 13.8 Å². The molecule has 0 saturated carbocycles. The average molecular weight is 343 g/mol. The summed E-state index contributed by atoms with van der Waals surface area (Å²) in [7, 11) is 0. The van der Waals surface area contributed by atoms with Gasteiger partial charge in [0.05, 0.1) is 28.2 Å². The molecule has 0 atom stereocenters. The molecule has 1 aromatic heterocycles. The molecule has 1 heterocycles. The highest BCUT2D eigenvalue weighted by atomic mass is 35.5. The number of nitrogens with one attached hydrogen (secondary N) is 2. The summed E-state index contributed by atoms with van der Waals surface area (Å²) in [5, 5.41) is 10.9. The van der Waals surface area contributed by atoms with Gasteiger partial charge < -0.3 is 10.6 Å². The lowest BCUT2D eigenvalue weighted by atomic mass is 10.2. The van der Waals surface area contributed by atoms with Gasteiger partial charge in [-0.15, -0.1) is 12.4 Å². The maximum atomic E-state index is 12.1. The Kier molecular flexibility index (Phi) is 7.38. The van der Waals surface area contributed by atoms with Gasteiger partial charge >= 0.3 is 0 Å². The molecule has 0 fully saturated rings. The summed E-state index contributed by atoms with van der Waals surface area (Å²) in [4.78, 5) is 12.1. The second-order valence-electron chi connectivity index (χ2n) is 4.62. The van der Waals surface area contributed by atoms with Crippen molar-refractivity contribution in [3.63, 3.8) is 0 Å². The summed E-state index contributed by atoms with van der Waals surface area (Å²) in [5.74, 6) is -0.122. The van der Waals surface area contributed by atoms with Crippen LogP contribution < -0.4 is 10.6 Å². The third-order valence-corrected chi connectivity index (χ3v) is 3.49. The topological polar surface area (TPSA) is 58.9 Å². The van der Waals surface area contributed by atoms with Crippen molar-refractivity contribution in [2.24, 2.45) is 0 Å². The summed E-state index contributed by atoms with van der Waals surface area (Å²) in [6.45, 7) is 6.11. The van der Waals surface area contributed by atoms with Crippen LogP contribution >= 0.6 is 24.0 Å². The van der Waals surface area contributed by atoms with Crippen LogP contribution in [0.2, 0.25) is 5.02 Å². The van der Waals surface area contributed by atoms with Crippen LogP contribution in [0.25, 0.3) is 5.69 Å². The number of hydrogen-bond donors (Lipinski definition) is 2. The number of hydrogen-bond acceptors (Lipinski definition) is 3. The molecule has 1 amide bonds. The maximum Gasteiger partial charge on any atom is 0.254 e. The smallest absolute Gasteiger partial charge is 0.254 e. The summed E-state index contributed by atoms with van der Waals surface area (Å²) in [6, 6.07) is 7.42. The molecule has 0 aliphatic carbocycles. The Hall–Kier alpha value is -1.56. The van der Waals surface area contributed by atoms with E-state index in [-0.39, 0.29) is 18.3 Å². The first-order valence-corrected chi connectivity index (χ1v) is 7.31. The van der Waals surface area contributed by atoms with E-state index in [2.05, 4.69) is 15.7 Å². The number of para-hydroxylation sites is 1. The van der Waals surface area contributed by atoms with Gasteiger partial charge in [0, 0.05) is 13.1 Å². The van der Waals surface area contributed by atoms with Gasteiger partial charge in [0.1, 0.15) is 0 Å². The van der Waals surface area contributed by atoms with Gasteiger partial charge in [0.25, 0.3) is 5.91 Å². The summed E-state index contributed by atoms with van der Waals surface area (Å²) < 4.78 is 1.68. The fraction of sp³-hybridized carbons (Fsp3) is 0.333. The van der Waals surface area contributed by atoms with Crippen LogP contribution in [0.15, 0.2) is 30.5 Å². The quantitative estimate of drug-likeness (QED) is 0.793. The molecule has 2 aromatic rings. The van der Waals surface area contributed by atoms with Crippen LogP contribution in [0.1, 0.15) is 23.0 Å². The van der Waals surface area contributed by atoms with Crippen LogP contribution in [0.5, 0.6) is 0 Å². The Bertz CT molecular complexity index is 628. The van der Waals surface area contributed by atoms with E-state index in [1.165, 1.54) is 0 Å². The van der Waals surface area contributed by atoms with Crippen molar-refractivity contribution in [1.29, 1.82) is 0 Å². The Morgan fingerprint density at radius 1 is 1.32 bits per heavy atom. The summed E-state index contributed by atoms with van der Waals surface area (Å²) in [6.07, 6.45) is 1.57. The molecule has 2 N–H and O–H groups in total. The van der Waals surface area contributed by atoms with Gasteiger partial charge in [-0.05, 0) is 25.6 Å². The predicted octanol–water partition coefficient (Wildman–Crippen LogP) is 2.60. The molecule has 0 aliphatic rings. The minimum atomic E-state index is -0.122. The molecule has 120 valence electrons.